The van der Waals surface area contributed by atoms with Crippen molar-refractivity contribution in [2.75, 3.05) is 49.4 Å². The molecule has 0 aliphatic carbocycles. The predicted molar refractivity (Wildman–Crippen MR) is 109 cm³/mol. The monoisotopic (exact) mass is 385 g/mol. The molecule has 1 fully saturated rings. The fraction of sp³-hybridized carbons (Fsp3) is 0.474. The van der Waals surface area contributed by atoms with Crippen LogP contribution in [-0.2, 0) is 6.54 Å². The standard InChI is InChI=1S/C19H27N7O2/c1-13-11-14(28-4)7-8-15(13)21-19(27)20-12-16-22-17(25(2)3)24-18(23-16)26-9-5-6-10-26/h7-8,11H,5-6,9-10,12H2,1-4H3,(H2,20,21,27). The van der Waals surface area contributed by atoms with Gasteiger partial charge in [0.05, 0.1) is 13.7 Å². The van der Waals surface area contributed by atoms with E-state index in [1.807, 2.05) is 38.1 Å². The van der Waals surface area contributed by atoms with Crippen LogP contribution >= 0.6 is 0 Å². The van der Waals surface area contributed by atoms with Gasteiger partial charge in [-0.25, -0.2) is 4.79 Å². The molecule has 0 unspecified atom stereocenters. The highest BCUT2D eigenvalue weighted by atomic mass is 16.5. The average molecular weight is 385 g/mol. The van der Waals surface area contributed by atoms with Crippen molar-refractivity contribution in [3.63, 3.8) is 0 Å². The molecule has 2 amide bonds. The van der Waals surface area contributed by atoms with Crippen molar-refractivity contribution in [1.29, 1.82) is 0 Å². The number of nitrogens with zero attached hydrogens (tertiary/aromatic N) is 5. The zero-order valence-corrected chi connectivity index (χ0v) is 16.8. The molecule has 9 nitrogen and oxygen atoms in total. The van der Waals surface area contributed by atoms with Crippen LogP contribution < -0.4 is 25.2 Å². The number of methoxy groups -OCH3 is 1. The van der Waals surface area contributed by atoms with Crippen LogP contribution in [-0.4, -0.2) is 55.3 Å². The van der Waals surface area contributed by atoms with E-state index in [-0.39, 0.29) is 12.6 Å². The Morgan fingerprint density at radius 3 is 2.61 bits per heavy atom. The van der Waals surface area contributed by atoms with Gasteiger partial charge in [0.15, 0.2) is 5.82 Å². The molecule has 2 heterocycles. The fourth-order valence-corrected chi connectivity index (χ4v) is 2.96. The van der Waals surface area contributed by atoms with Gasteiger partial charge in [-0.3, -0.25) is 0 Å². The van der Waals surface area contributed by atoms with Crippen LogP contribution in [0.4, 0.5) is 22.4 Å². The maximum atomic E-state index is 12.3. The third-order valence-electron chi connectivity index (χ3n) is 4.54. The molecule has 0 spiro atoms. The summed E-state index contributed by atoms with van der Waals surface area (Å²) in [6.45, 7) is 4.02. The number of rotatable bonds is 6. The number of amides is 2. The summed E-state index contributed by atoms with van der Waals surface area (Å²) in [4.78, 5) is 29.8. The first kappa shape index (κ1) is 19.7. The molecule has 0 saturated carbocycles. The van der Waals surface area contributed by atoms with Crippen LogP contribution in [0.3, 0.4) is 0 Å². The second-order valence-electron chi connectivity index (χ2n) is 6.93. The van der Waals surface area contributed by atoms with Gasteiger partial charge >= 0.3 is 6.03 Å². The van der Waals surface area contributed by atoms with E-state index < -0.39 is 0 Å². The van der Waals surface area contributed by atoms with Crippen LogP contribution in [0.15, 0.2) is 18.2 Å². The minimum Gasteiger partial charge on any atom is -0.497 e. The number of hydrogen-bond donors (Lipinski definition) is 2. The number of anilines is 3. The van der Waals surface area contributed by atoms with E-state index in [4.69, 9.17) is 4.74 Å². The lowest BCUT2D eigenvalue weighted by Gasteiger charge is -2.19. The molecule has 0 radical (unpaired) electrons. The van der Waals surface area contributed by atoms with Gasteiger partial charge in [0.1, 0.15) is 5.75 Å². The highest BCUT2D eigenvalue weighted by molar-refractivity contribution is 5.90. The summed E-state index contributed by atoms with van der Waals surface area (Å²) in [7, 11) is 5.39. The van der Waals surface area contributed by atoms with Gasteiger partial charge < -0.3 is 25.2 Å². The van der Waals surface area contributed by atoms with Gasteiger partial charge in [-0.05, 0) is 43.5 Å². The van der Waals surface area contributed by atoms with Crippen molar-refractivity contribution in [3.8, 4) is 5.75 Å². The largest absolute Gasteiger partial charge is 0.497 e. The van der Waals surface area contributed by atoms with Gasteiger partial charge in [-0.2, -0.15) is 15.0 Å². The Labute approximate surface area is 165 Å². The lowest BCUT2D eigenvalue weighted by molar-refractivity contribution is 0.251. The highest BCUT2D eigenvalue weighted by Gasteiger charge is 2.18. The first-order chi connectivity index (χ1) is 13.5. The number of urea groups is 1. The van der Waals surface area contributed by atoms with E-state index in [0.717, 1.165) is 42.9 Å². The van der Waals surface area contributed by atoms with Crippen molar-refractivity contribution in [1.82, 2.24) is 20.3 Å². The summed E-state index contributed by atoms with van der Waals surface area (Å²) in [6.07, 6.45) is 2.28. The molecule has 2 N–H and O–H groups in total. The summed E-state index contributed by atoms with van der Waals surface area (Å²) in [5.41, 5.74) is 1.64. The average Bonchev–Trinajstić information content (AvgIpc) is 3.22. The topological polar surface area (TPSA) is 95.5 Å². The number of ether oxygens (including phenoxy) is 1. The lowest BCUT2D eigenvalue weighted by Crippen LogP contribution is -2.30. The summed E-state index contributed by atoms with van der Waals surface area (Å²) in [5.74, 6) is 2.53. The van der Waals surface area contributed by atoms with Gasteiger partial charge in [0.25, 0.3) is 0 Å². The van der Waals surface area contributed by atoms with Gasteiger partial charge in [-0.15, -0.1) is 0 Å². The number of aromatic nitrogens is 3. The molecule has 0 bridgehead atoms. The summed E-state index contributed by atoms with van der Waals surface area (Å²) < 4.78 is 5.19. The molecule has 2 aromatic rings. The Kier molecular flexibility index (Phi) is 6.13. The molecule has 28 heavy (non-hydrogen) atoms. The molecule has 150 valence electrons. The number of nitrogens with one attached hydrogen (secondary N) is 2. The minimum absolute atomic E-state index is 0.214. The van der Waals surface area contributed by atoms with Crippen LogP contribution in [0.1, 0.15) is 24.2 Å². The molecule has 3 rings (SSSR count). The third-order valence-corrected chi connectivity index (χ3v) is 4.54. The summed E-state index contributed by atoms with van der Waals surface area (Å²) in [5, 5.41) is 5.66. The zero-order chi connectivity index (χ0) is 20.1. The van der Waals surface area contributed by atoms with Crippen LogP contribution in [0.25, 0.3) is 0 Å². The SMILES string of the molecule is COc1ccc(NC(=O)NCc2nc(N(C)C)nc(N3CCCC3)n2)c(C)c1. The highest BCUT2D eigenvalue weighted by Crippen LogP contribution is 2.21. The maximum Gasteiger partial charge on any atom is 0.319 e. The second kappa shape index (κ2) is 8.73. The Bertz CT molecular complexity index is 835. The molecule has 9 heteroatoms. The summed E-state index contributed by atoms with van der Waals surface area (Å²) >= 11 is 0. The molecule has 0 atom stereocenters. The van der Waals surface area contributed by atoms with E-state index >= 15 is 0 Å². The lowest BCUT2D eigenvalue weighted by atomic mass is 10.2. The normalized spacial score (nSPS) is 13.4. The molecule has 1 aromatic carbocycles. The number of hydrogen-bond acceptors (Lipinski definition) is 7. The van der Waals surface area contributed by atoms with Crippen LogP contribution in [0.2, 0.25) is 0 Å². The Morgan fingerprint density at radius 2 is 1.96 bits per heavy atom. The van der Waals surface area contributed by atoms with Crippen LogP contribution in [0, 0.1) is 6.92 Å². The Morgan fingerprint density at radius 1 is 1.21 bits per heavy atom. The van der Waals surface area contributed by atoms with Crippen molar-refractivity contribution in [3.05, 3.63) is 29.6 Å². The zero-order valence-electron chi connectivity index (χ0n) is 16.8. The van der Waals surface area contributed by atoms with E-state index in [2.05, 4.69) is 30.5 Å². The van der Waals surface area contributed by atoms with E-state index in [1.54, 1.807) is 13.2 Å². The number of carbonyl (C=O) groups is 1. The minimum atomic E-state index is -0.317. The molecule has 1 aliphatic rings. The van der Waals surface area contributed by atoms with E-state index in [9.17, 15) is 4.79 Å². The molecule has 1 saturated heterocycles. The van der Waals surface area contributed by atoms with Gasteiger partial charge in [-0.1, -0.05) is 0 Å². The number of aryl methyl sites for hydroxylation is 1. The van der Waals surface area contributed by atoms with Crippen molar-refractivity contribution < 1.29 is 9.53 Å². The first-order valence-corrected chi connectivity index (χ1v) is 9.33. The van der Waals surface area contributed by atoms with Crippen LogP contribution in [0.5, 0.6) is 5.75 Å². The number of carbonyl (C=O) groups excluding carboxylic acids is 1. The predicted octanol–water partition coefficient (Wildman–Crippen LogP) is 2.18. The third kappa shape index (κ3) is 4.79. The number of benzene rings is 1. The molecular formula is C19H27N7O2. The smallest absolute Gasteiger partial charge is 0.319 e. The van der Waals surface area contributed by atoms with E-state index in [0.29, 0.717) is 17.7 Å². The summed E-state index contributed by atoms with van der Waals surface area (Å²) in [6, 6.07) is 5.17. The first-order valence-electron chi connectivity index (χ1n) is 9.33. The fourth-order valence-electron chi connectivity index (χ4n) is 2.96. The Balaban J connectivity index is 1.66. The Hall–Kier alpha value is -3.10. The van der Waals surface area contributed by atoms with Crippen molar-refractivity contribution in [2.24, 2.45) is 0 Å². The van der Waals surface area contributed by atoms with Gasteiger partial charge in [0.2, 0.25) is 11.9 Å². The molecular weight excluding hydrogens is 358 g/mol. The maximum absolute atomic E-state index is 12.3. The van der Waals surface area contributed by atoms with E-state index in [1.165, 1.54) is 0 Å². The second-order valence-corrected chi connectivity index (χ2v) is 6.93. The molecule has 1 aliphatic heterocycles. The van der Waals surface area contributed by atoms with Crippen molar-refractivity contribution in [2.45, 2.75) is 26.3 Å². The van der Waals surface area contributed by atoms with Gasteiger partial charge in [0, 0.05) is 32.9 Å². The quantitative estimate of drug-likeness (QED) is 0.787. The van der Waals surface area contributed by atoms with Crippen molar-refractivity contribution >= 4 is 23.6 Å². The molecule has 1 aromatic heterocycles.